The molecule has 9 heteroatoms. The minimum absolute atomic E-state index is 0.0824. The molecule has 2 aliphatic heterocycles. The van der Waals surface area contributed by atoms with Crippen LogP contribution in [0, 0.1) is 5.41 Å². The van der Waals surface area contributed by atoms with Crippen LogP contribution in [0.15, 0.2) is 0 Å². The molecular weight excluding hydrogens is 448 g/mol. The molecule has 0 atom stereocenters. The molecule has 200 valence electrons. The molecule has 2 aliphatic rings. The maximum atomic E-state index is 12.2. The zero-order valence-electron chi connectivity index (χ0n) is 22.7. The highest BCUT2D eigenvalue weighted by Gasteiger charge is 2.42. The Morgan fingerprint density at radius 3 is 1.91 bits per heavy atom. The van der Waals surface area contributed by atoms with Gasteiger partial charge in [0.15, 0.2) is 0 Å². The third-order valence-electron chi connectivity index (χ3n) is 7.21. The van der Waals surface area contributed by atoms with E-state index < -0.39 is 5.54 Å². The Kier molecular flexibility index (Phi) is 10.5. The minimum atomic E-state index is -0.477. The Labute approximate surface area is 211 Å². The molecule has 2 rings (SSSR count). The van der Waals surface area contributed by atoms with Gasteiger partial charge in [0.1, 0.15) is 13.1 Å². The molecule has 0 unspecified atom stereocenters. The fraction of sp³-hybridized carbons (Fsp3) is 0.846. The average Bonchev–Trinajstić information content (AvgIpc) is 3.20. The zero-order valence-corrected chi connectivity index (χ0v) is 22.7. The lowest BCUT2D eigenvalue weighted by atomic mass is 9.82. The summed E-state index contributed by atoms with van der Waals surface area (Å²) in [6.45, 7) is 13.2. The fourth-order valence-electron chi connectivity index (χ4n) is 4.90. The third-order valence-corrected chi connectivity index (χ3v) is 7.21. The quantitative estimate of drug-likeness (QED) is 0.238. The number of likely N-dealkylation sites (N-methyl/N-ethyl adjacent to an activating group) is 2. The van der Waals surface area contributed by atoms with Crippen LogP contribution >= 0.6 is 0 Å². The molecule has 0 N–H and O–H groups in total. The molecular formula is C26H46N4O5. The van der Waals surface area contributed by atoms with Crippen LogP contribution in [-0.2, 0) is 14.3 Å². The monoisotopic (exact) mass is 494 g/mol. The first-order valence-corrected chi connectivity index (χ1v) is 13.1. The van der Waals surface area contributed by atoms with E-state index >= 15 is 0 Å². The van der Waals surface area contributed by atoms with Crippen LogP contribution in [0.25, 0.3) is 0 Å². The zero-order chi connectivity index (χ0) is 26.2. The number of imide groups is 2. The maximum absolute atomic E-state index is 12.2. The van der Waals surface area contributed by atoms with E-state index in [1.807, 2.05) is 20.8 Å². The van der Waals surface area contributed by atoms with Gasteiger partial charge >= 0.3 is 12.1 Å². The van der Waals surface area contributed by atoms with Gasteiger partial charge in [0.25, 0.3) is 5.91 Å². The topological polar surface area (TPSA) is 90.5 Å². The summed E-state index contributed by atoms with van der Waals surface area (Å²) in [4.78, 5) is 54.4. The molecule has 2 heterocycles. The fourth-order valence-corrected chi connectivity index (χ4v) is 4.90. The Bertz CT molecular complexity index is 767. The Balaban J connectivity index is 1.52. The summed E-state index contributed by atoms with van der Waals surface area (Å²) in [5, 5.41) is 0. The molecule has 0 aromatic heterocycles. The van der Waals surface area contributed by atoms with E-state index in [1.165, 1.54) is 14.7 Å². The smallest absolute Gasteiger partial charge is 0.327 e. The molecule has 35 heavy (non-hydrogen) atoms. The molecule has 0 bridgehead atoms. The van der Waals surface area contributed by atoms with Gasteiger partial charge in [0.2, 0.25) is 5.91 Å². The lowest BCUT2D eigenvalue weighted by Gasteiger charge is -2.33. The van der Waals surface area contributed by atoms with Crippen LogP contribution in [0.1, 0.15) is 86.0 Å². The second-order valence-corrected chi connectivity index (χ2v) is 11.3. The van der Waals surface area contributed by atoms with Gasteiger partial charge in [0, 0.05) is 38.9 Å². The van der Waals surface area contributed by atoms with Crippen molar-refractivity contribution in [3.05, 3.63) is 0 Å². The highest BCUT2D eigenvalue weighted by atomic mass is 16.5. The van der Waals surface area contributed by atoms with E-state index in [9.17, 15) is 19.2 Å². The second kappa shape index (κ2) is 12.7. The van der Waals surface area contributed by atoms with E-state index in [-0.39, 0.29) is 42.4 Å². The Morgan fingerprint density at radius 2 is 1.37 bits per heavy atom. The van der Waals surface area contributed by atoms with Crippen LogP contribution in [0.2, 0.25) is 0 Å². The van der Waals surface area contributed by atoms with Crippen LogP contribution in [0.5, 0.6) is 0 Å². The molecule has 0 spiro atoms. The lowest BCUT2D eigenvalue weighted by molar-refractivity contribution is -0.129. The molecule has 0 aliphatic carbocycles. The van der Waals surface area contributed by atoms with Gasteiger partial charge in [-0.1, -0.05) is 20.3 Å². The molecule has 0 radical (unpaired) electrons. The summed E-state index contributed by atoms with van der Waals surface area (Å²) in [5.41, 5.74) is -0.310. The van der Waals surface area contributed by atoms with Crippen molar-refractivity contribution in [1.82, 2.24) is 19.6 Å². The molecule has 2 saturated heterocycles. The van der Waals surface area contributed by atoms with Crippen molar-refractivity contribution in [2.24, 2.45) is 5.41 Å². The van der Waals surface area contributed by atoms with Gasteiger partial charge in [-0.25, -0.2) is 9.59 Å². The van der Waals surface area contributed by atoms with Crippen molar-refractivity contribution in [3.63, 3.8) is 0 Å². The van der Waals surface area contributed by atoms with Crippen molar-refractivity contribution in [2.45, 2.75) is 91.5 Å². The number of hydrogen-bond acceptors (Lipinski definition) is 5. The van der Waals surface area contributed by atoms with Crippen LogP contribution in [0.3, 0.4) is 0 Å². The molecule has 0 aromatic rings. The number of ether oxygens (including phenoxy) is 1. The number of carbonyl (C=O) groups is 4. The van der Waals surface area contributed by atoms with E-state index in [2.05, 4.69) is 13.8 Å². The number of hydrogen-bond donors (Lipinski definition) is 0. The minimum Gasteiger partial charge on any atom is -0.381 e. The van der Waals surface area contributed by atoms with Gasteiger partial charge in [-0.2, -0.15) is 0 Å². The standard InChI is InChI=1S/C26H46N4O5/c1-7-28-20-21(31)29(24(28)34)16-12-14-25(2,3)13-8-10-17-35-18-11-9-15-26(4,5)30-22(32)19-27(6)23(30)33/h7-20H2,1-6H3. The van der Waals surface area contributed by atoms with Gasteiger partial charge in [-0.3, -0.25) is 19.4 Å². The third kappa shape index (κ3) is 8.19. The van der Waals surface area contributed by atoms with Gasteiger partial charge in [-0.15, -0.1) is 0 Å². The van der Waals surface area contributed by atoms with Crippen molar-refractivity contribution in [2.75, 3.05) is 46.4 Å². The lowest BCUT2D eigenvalue weighted by Crippen LogP contribution is -2.48. The number of carbonyl (C=O) groups excluding carboxylic acids is 4. The summed E-state index contributed by atoms with van der Waals surface area (Å²) in [6.07, 6.45) is 7.55. The van der Waals surface area contributed by atoms with Crippen molar-refractivity contribution in [1.29, 1.82) is 0 Å². The predicted molar refractivity (Wildman–Crippen MR) is 135 cm³/mol. The van der Waals surface area contributed by atoms with E-state index in [4.69, 9.17) is 4.74 Å². The van der Waals surface area contributed by atoms with E-state index in [0.29, 0.717) is 19.7 Å². The maximum Gasteiger partial charge on any atom is 0.327 e. The van der Waals surface area contributed by atoms with Crippen molar-refractivity contribution < 1.29 is 23.9 Å². The number of urea groups is 2. The highest BCUT2D eigenvalue weighted by Crippen LogP contribution is 2.30. The first kappa shape index (κ1) is 29.1. The molecule has 0 aromatic carbocycles. The average molecular weight is 495 g/mol. The summed E-state index contributed by atoms with van der Waals surface area (Å²) in [6, 6.07) is -0.359. The summed E-state index contributed by atoms with van der Waals surface area (Å²) < 4.78 is 5.80. The SMILES string of the molecule is CCN1CC(=O)N(CCCC(C)(C)CCCCOCCCCC(C)(C)N2C(=O)CN(C)C2=O)C1=O. The van der Waals surface area contributed by atoms with Crippen molar-refractivity contribution >= 4 is 23.9 Å². The van der Waals surface area contributed by atoms with Crippen LogP contribution in [0.4, 0.5) is 9.59 Å². The molecule has 2 fully saturated rings. The summed E-state index contributed by atoms with van der Waals surface area (Å²) in [7, 11) is 1.66. The normalized spacial score (nSPS) is 17.5. The number of nitrogens with zero attached hydrogens (tertiary/aromatic N) is 4. The number of amides is 6. The first-order valence-electron chi connectivity index (χ1n) is 13.1. The molecule has 6 amide bonds. The van der Waals surface area contributed by atoms with Gasteiger partial charge in [-0.05, 0) is 71.1 Å². The molecule has 9 nitrogen and oxygen atoms in total. The summed E-state index contributed by atoms with van der Waals surface area (Å²) >= 11 is 0. The molecule has 0 saturated carbocycles. The Morgan fingerprint density at radius 1 is 0.771 bits per heavy atom. The highest BCUT2D eigenvalue weighted by molar-refractivity contribution is 6.02. The predicted octanol–water partition coefficient (Wildman–Crippen LogP) is 4.11. The Hall–Kier alpha value is -2.16. The first-order chi connectivity index (χ1) is 16.4. The van der Waals surface area contributed by atoms with Crippen molar-refractivity contribution in [3.8, 4) is 0 Å². The van der Waals surface area contributed by atoms with Crippen LogP contribution in [-0.4, -0.2) is 95.5 Å². The van der Waals surface area contributed by atoms with Gasteiger partial charge < -0.3 is 14.5 Å². The summed E-state index contributed by atoms with van der Waals surface area (Å²) in [5.74, 6) is -0.205. The van der Waals surface area contributed by atoms with Crippen LogP contribution < -0.4 is 0 Å². The number of unbranched alkanes of at least 4 members (excludes halogenated alkanes) is 2. The number of rotatable bonds is 16. The van der Waals surface area contributed by atoms with E-state index in [1.54, 1.807) is 11.9 Å². The van der Waals surface area contributed by atoms with E-state index in [0.717, 1.165) is 58.0 Å². The second-order valence-electron chi connectivity index (χ2n) is 11.3. The largest absolute Gasteiger partial charge is 0.381 e. The van der Waals surface area contributed by atoms with Gasteiger partial charge in [0.05, 0.1) is 0 Å².